The second kappa shape index (κ2) is 8.17. The molecule has 0 bridgehead atoms. The van der Waals surface area contributed by atoms with E-state index in [0.717, 1.165) is 11.3 Å². The monoisotopic (exact) mass is 284 g/mol. The van der Waals surface area contributed by atoms with Gasteiger partial charge >= 0.3 is 0 Å². The Morgan fingerprint density at radius 3 is 2.63 bits per heavy atom. The van der Waals surface area contributed by atoms with Crippen molar-refractivity contribution in [2.45, 2.75) is 31.8 Å². The van der Waals surface area contributed by atoms with Crippen LogP contribution in [0.4, 0.5) is 4.39 Å². The first kappa shape index (κ1) is 16.0. The van der Waals surface area contributed by atoms with Crippen LogP contribution in [0, 0.1) is 5.82 Å². The molecule has 0 aromatic heterocycles. The van der Waals surface area contributed by atoms with Crippen molar-refractivity contribution in [2.24, 2.45) is 5.73 Å². The van der Waals surface area contributed by atoms with Gasteiger partial charge in [0.15, 0.2) is 0 Å². The smallest absolute Gasteiger partial charge is 0.237 e. The molecule has 0 aliphatic carbocycles. The summed E-state index contributed by atoms with van der Waals surface area (Å²) in [6.45, 7) is 1.92. The van der Waals surface area contributed by atoms with Crippen LogP contribution < -0.4 is 11.1 Å². The summed E-state index contributed by atoms with van der Waals surface area (Å²) in [5, 5.41) is 2.88. The molecule has 3 N–H and O–H groups in total. The van der Waals surface area contributed by atoms with Crippen LogP contribution in [0.15, 0.2) is 24.3 Å². The molecular formula is C14H21FN2OS. The first-order chi connectivity index (χ1) is 9.02. The number of hydrogen-bond acceptors (Lipinski definition) is 3. The topological polar surface area (TPSA) is 55.1 Å². The fourth-order valence-corrected chi connectivity index (χ4v) is 2.24. The standard InChI is InChI=1S/C14H21FN2OS/c1-10(9-11-3-5-12(15)6-4-11)17-14(18)13(16)7-8-19-2/h3-6,10,13H,7-9,16H2,1-2H3,(H,17,18)/t10?,13-/m1/s1. The van der Waals surface area contributed by atoms with E-state index >= 15 is 0 Å². The Hall–Kier alpha value is -1.07. The largest absolute Gasteiger partial charge is 0.352 e. The number of nitrogens with two attached hydrogens (primary N) is 1. The lowest BCUT2D eigenvalue weighted by molar-refractivity contribution is -0.122. The summed E-state index contributed by atoms with van der Waals surface area (Å²) >= 11 is 1.67. The third-order valence-electron chi connectivity index (χ3n) is 2.81. The van der Waals surface area contributed by atoms with Crippen molar-refractivity contribution in [1.29, 1.82) is 0 Å². The molecule has 3 nitrogen and oxygen atoms in total. The molecule has 106 valence electrons. The normalized spacial score (nSPS) is 13.9. The van der Waals surface area contributed by atoms with Crippen molar-refractivity contribution in [3.05, 3.63) is 35.6 Å². The van der Waals surface area contributed by atoms with E-state index in [1.54, 1.807) is 23.9 Å². The lowest BCUT2D eigenvalue weighted by atomic mass is 10.1. The van der Waals surface area contributed by atoms with Crippen LogP contribution in [0.3, 0.4) is 0 Å². The molecule has 1 unspecified atom stereocenters. The van der Waals surface area contributed by atoms with Crippen LogP contribution in [0.5, 0.6) is 0 Å². The summed E-state index contributed by atoms with van der Waals surface area (Å²) in [5.74, 6) is 0.504. The van der Waals surface area contributed by atoms with Crippen LogP contribution in [0.1, 0.15) is 18.9 Å². The van der Waals surface area contributed by atoms with E-state index in [1.165, 1.54) is 12.1 Å². The van der Waals surface area contributed by atoms with Gasteiger partial charge in [-0.25, -0.2) is 4.39 Å². The van der Waals surface area contributed by atoms with E-state index in [1.807, 2.05) is 13.2 Å². The molecule has 5 heteroatoms. The number of amides is 1. The summed E-state index contributed by atoms with van der Waals surface area (Å²) in [4.78, 5) is 11.8. The zero-order valence-electron chi connectivity index (χ0n) is 11.4. The SMILES string of the molecule is CSCC[C@@H](N)C(=O)NC(C)Cc1ccc(F)cc1. The molecule has 1 aromatic carbocycles. The Morgan fingerprint density at radius 2 is 2.05 bits per heavy atom. The van der Waals surface area contributed by atoms with Crippen molar-refractivity contribution >= 4 is 17.7 Å². The molecule has 0 saturated heterocycles. The molecule has 19 heavy (non-hydrogen) atoms. The first-order valence-electron chi connectivity index (χ1n) is 6.32. The summed E-state index contributed by atoms with van der Waals surface area (Å²) in [6, 6.07) is 5.83. The van der Waals surface area contributed by atoms with Gasteiger partial charge in [-0.3, -0.25) is 4.79 Å². The highest BCUT2D eigenvalue weighted by Crippen LogP contribution is 2.06. The average molecular weight is 284 g/mol. The molecule has 0 heterocycles. The number of benzene rings is 1. The van der Waals surface area contributed by atoms with Gasteiger partial charge in [0.2, 0.25) is 5.91 Å². The Labute approximate surface area is 118 Å². The van der Waals surface area contributed by atoms with Crippen molar-refractivity contribution in [1.82, 2.24) is 5.32 Å². The number of carbonyl (C=O) groups is 1. The second-order valence-corrected chi connectivity index (χ2v) is 5.61. The summed E-state index contributed by atoms with van der Waals surface area (Å²) < 4.78 is 12.8. The fraction of sp³-hybridized carbons (Fsp3) is 0.500. The van der Waals surface area contributed by atoms with Gasteiger partial charge < -0.3 is 11.1 Å². The molecule has 1 amide bonds. The highest BCUT2D eigenvalue weighted by molar-refractivity contribution is 7.98. The van der Waals surface area contributed by atoms with Gasteiger partial charge in [0.1, 0.15) is 5.82 Å². The summed E-state index contributed by atoms with van der Waals surface area (Å²) in [6.07, 6.45) is 3.33. The lowest BCUT2D eigenvalue weighted by Crippen LogP contribution is -2.45. The van der Waals surface area contributed by atoms with E-state index in [2.05, 4.69) is 5.32 Å². The highest BCUT2D eigenvalue weighted by atomic mass is 32.2. The molecule has 0 spiro atoms. The van der Waals surface area contributed by atoms with Gasteiger partial charge in [-0.15, -0.1) is 0 Å². The number of nitrogens with one attached hydrogen (secondary N) is 1. The maximum atomic E-state index is 12.8. The predicted molar refractivity (Wildman–Crippen MR) is 78.7 cm³/mol. The van der Waals surface area contributed by atoms with Crippen LogP contribution >= 0.6 is 11.8 Å². The number of thioether (sulfide) groups is 1. The Balaban J connectivity index is 2.39. The van der Waals surface area contributed by atoms with Crippen LogP contribution in [0.25, 0.3) is 0 Å². The quantitative estimate of drug-likeness (QED) is 0.804. The summed E-state index contributed by atoms with van der Waals surface area (Å²) in [7, 11) is 0. The average Bonchev–Trinajstić information content (AvgIpc) is 2.38. The van der Waals surface area contributed by atoms with Gasteiger partial charge in [-0.1, -0.05) is 12.1 Å². The van der Waals surface area contributed by atoms with Gasteiger partial charge in [0, 0.05) is 6.04 Å². The second-order valence-electron chi connectivity index (χ2n) is 4.63. The maximum absolute atomic E-state index is 12.8. The van der Waals surface area contributed by atoms with Crippen LogP contribution in [0.2, 0.25) is 0 Å². The minimum atomic E-state index is -0.455. The van der Waals surface area contributed by atoms with Crippen molar-refractivity contribution in [3.63, 3.8) is 0 Å². The predicted octanol–water partition coefficient (Wildman–Crippen LogP) is 1.95. The molecule has 1 rings (SSSR count). The van der Waals surface area contributed by atoms with E-state index in [4.69, 9.17) is 5.73 Å². The van der Waals surface area contributed by atoms with Crippen LogP contribution in [-0.2, 0) is 11.2 Å². The number of carbonyl (C=O) groups excluding carboxylic acids is 1. The van der Waals surface area contributed by atoms with Gasteiger partial charge in [0.05, 0.1) is 6.04 Å². The minimum Gasteiger partial charge on any atom is -0.352 e. The number of rotatable bonds is 7. The van der Waals surface area contributed by atoms with Crippen molar-refractivity contribution in [3.8, 4) is 0 Å². The number of halogens is 1. The summed E-state index contributed by atoms with van der Waals surface area (Å²) in [5.41, 5.74) is 6.78. The fourth-order valence-electron chi connectivity index (χ4n) is 1.75. The molecule has 0 saturated carbocycles. The van der Waals surface area contributed by atoms with E-state index in [9.17, 15) is 9.18 Å². The highest BCUT2D eigenvalue weighted by Gasteiger charge is 2.15. The lowest BCUT2D eigenvalue weighted by Gasteiger charge is -2.17. The van der Waals surface area contributed by atoms with Crippen LogP contribution in [-0.4, -0.2) is 30.0 Å². The molecular weight excluding hydrogens is 263 g/mol. The van der Waals surface area contributed by atoms with Gasteiger partial charge in [-0.2, -0.15) is 11.8 Å². The zero-order valence-corrected chi connectivity index (χ0v) is 12.2. The molecule has 0 radical (unpaired) electrons. The molecule has 0 aliphatic rings. The molecule has 2 atom stereocenters. The molecule has 1 aromatic rings. The maximum Gasteiger partial charge on any atom is 0.237 e. The van der Waals surface area contributed by atoms with Crippen molar-refractivity contribution in [2.75, 3.05) is 12.0 Å². The van der Waals surface area contributed by atoms with Gasteiger partial charge in [0.25, 0.3) is 0 Å². The molecule has 0 aliphatic heterocycles. The minimum absolute atomic E-state index is 0.0155. The van der Waals surface area contributed by atoms with E-state index in [-0.39, 0.29) is 17.8 Å². The Morgan fingerprint density at radius 1 is 1.42 bits per heavy atom. The van der Waals surface area contributed by atoms with Crippen molar-refractivity contribution < 1.29 is 9.18 Å². The Bertz CT molecular complexity index is 397. The molecule has 0 fully saturated rings. The Kier molecular flexibility index (Phi) is 6.87. The zero-order chi connectivity index (χ0) is 14.3. The van der Waals surface area contributed by atoms with Gasteiger partial charge in [-0.05, 0) is 49.5 Å². The first-order valence-corrected chi connectivity index (χ1v) is 7.71. The third kappa shape index (κ3) is 6.07. The number of hydrogen-bond donors (Lipinski definition) is 2. The van der Waals surface area contributed by atoms with E-state index in [0.29, 0.717) is 12.8 Å². The third-order valence-corrected chi connectivity index (χ3v) is 3.46. The van der Waals surface area contributed by atoms with E-state index < -0.39 is 6.04 Å².